The maximum atomic E-state index is 9.68. The minimum atomic E-state index is -1.36. The van der Waals surface area contributed by atoms with E-state index < -0.39 is 37.3 Å². The van der Waals surface area contributed by atoms with Crippen molar-refractivity contribution in [1.29, 1.82) is 0 Å². The maximum Gasteiger partial charge on any atom is 1.00 e. The van der Waals surface area contributed by atoms with E-state index in [4.69, 9.17) is 14.6 Å². The third kappa shape index (κ3) is 5.95. The van der Waals surface area contributed by atoms with Gasteiger partial charge in [0.05, 0.1) is 6.61 Å². The van der Waals surface area contributed by atoms with Crippen LogP contribution in [0.25, 0.3) is 0 Å². The van der Waals surface area contributed by atoms with Crippen LogP contribution in [0.3, 0.4) is 0 Å². The molecule has 5 atom stereocenters. The van der Waals surface area contributed by atoms with Gasteiger partial charge in [-0.2, -0.15) is 0 Å². The van der Waals surface area contributed by atoms with Gasteiger partial charge in [-0.3, -0.25) is 0 Å². The van der Waals surface area contributed by atoms with Crippen molar-refractivity contribution in [1.82, 2.24) is 0 Å². The molecule has 0 aromatic carbocycles. The molecule has 0 unspecified atom stereocenters. The fourth-order valence-corrected chi connectivity index (χ4v) is 1.93. The fourth-order valence-electron chi connectivity index (χ4n) is 1.93. The van der Waals surface area contributed by atoms with Crippen LogP contribution in [0.1, 0.15) is 34.0 Å². The van der Waals surface area contributed by atoms with Crippen molar-refractivity contribution in [3.8, 4) is 0 Å². The second-order valence-electron chi connectivity index (χ2n) is 4.63. The van der Waals surface area contributed by atoms with E-state index in [0.29, 0.717) is 6.61 Å². The third-order valence-corrected chi connectivity index (χ3v) is 3.13. The van der Waals surface area contributed by atoms with Crippen molar-refractivity contribution >= 4 is 0 Å². The van der Waals surface area contributed by atoms with Crippen LogP contribution in [0.2, 0.25) is 0 Å². The second kappa shape index (κ2) is 10.5. The number of hydrogen-bond donors (Lipinski definition) is 4. The predicted octanol–water partition coefficient (Wildman–Crippen LogP) is -3.50. The summed E-state index contributed by atoms with van der Waals surface area (Å²) in [7, 11) is 0. The summed E-state index contributed by atoms with van der Waals surface area (Å²) in [5.74, 6) is 0. The van der Waals surface area contributed by atoms with Crippen LogP contribution >= 0.6 is 0 Å². The molecule has 7 heteroatoms. The van der Waals surface area contributed by atoms with E-state index in [1.165, 1.54) is 0 Å². The molecule has 1 aliphatic heterocycles. The Hall–Kier alpha value is 0.760. The Bertz CT molecular complexity index is 234. The van der Waals surface area contributed by atoms with Gasteiger partial charge in [0.25, 0.3) is 0 Å². The van der Waals surface area contributed by atoms with Crippen molar-refractivity contribution in [2.75, 3.05) is 13.2 Å². The molecule has 1 rings (SSSR count). The molecule has 0 radical (unpaired) electrons. The van der Waals surface area contributed by atoms with Crippen molar-refractivity contribution in [3.05, 3.63) is 0 Å². The zero-order valence-electron chi connectivity index (χ0n) is 12.7. The smallest absolute Gasteiger partial charge is 1.00 e. The molecule has 110 valence electrons. The Morgan fingerprint density at radius 3 is 2.32 bits per heavy atom. The van der Waals surface area contributed by atoms with Crippen LogP contribution < -0.4 is 29.6 Å². The van der Waals surface area contributed by atoms with Gasteiger partial charge in [-0.1, -0.05) is 26.2 Å². The van der Waals surface area contributed by atoms with Gasteiger partial charge in [0.15, 0.2) is 6.29 Å². The first-order valence-corrected chi connectivity index (χ1v) is 6.54. The van der Waals surface area contributed by atoms with Gasteiger partial charge in [-0.15, -0.1) is 0 Å². The normalized spacial score (nSPS) is 34.9. The third-order valence-electron chi connectivity index (χ3n) is 3.13. The summed E-state index contributed by atoms with van der Waals surface area (Å²) < 4.78 is 10.5. The van der Waals surface area contributed by atoms with Gasteiger partial charge in [0, 0.05) is 6.61 Å². The van der Waals surface area contributed by atoms with Crippen molar-refractivity contribution in [2.45, 2.75) is 63.3 Å². The largest absolute Gasteiger partial charge is 1.00 e. The molecule has 19 heavy (non-hydrogen) atoms. The zero-order chi connectivity index (χ0) is 13.5. The van der Waals surface area contributed by atoms with Gasteiger partial charge < -0.3 is 31.3 Å². The van der Waals surface area contributed by atoms with E-state index in [-0.39, 0.29) is 31.0 Å². The van der Waals surface area contributed by atoms with E-state index in [9.17, 15) is 15.3 Å². The van der Waals surface area contributed by atoms with Gasteiger partial charge >= 0.3 is 29.6 Å². The minimum absolute atomic E-state index is 0. The van der Waals surface area contributed by atoms with Crippen LogP contribution in [-0.2, 0) is 9.47 Å². The minimum Gasteiger partial charge on any atom is -1.00 e. The van der Waals surface area contributed by atoms with E-state index in [1.807, 2.05) is 0 Å². The molecule has 0 spiro atoms. The average Bonchev–Trinajstić information content (AvgIpc) is 2.38. The molecule has 1 heterocycles. The summed E-state index contributed by atoms with van der Waals surface area (Å²) in [4.78, 5) is 0. The second-order valence-corrected chi connectivity index (χ2v) is 4.63. The van der Waals surface area contributed by atoms with Crippen LogP contribution in [0.4, 0.5) is 0 Å². The van der Waals surface area contributed by atoms with Crippen molar-refractivity contribution < 1.29 is 60.9 Å². The van der Waals surface area contributed by atoms with Crippen molar-refractivity contribution in [2.24, 2.45) is 0 Å². The first-order chi connectivity index (χ1) is 8.61. The topological polar surface area (TPSA) is 99.4 Å². The molecule has 0 bridgehead atoms. The average molecular weight is 288 g/mol. The van der Waals surface area contributed by atoms with E-state index >= 15 is 0 Å². The molecular formula is C12H25NaO6. The Morgan fingerprint density at radius 1 is 1.05 bits per heavy atom. The summed E-state index contributed by atoms with van der Waals surface area (Å²) in [6.07, 6.45) is -1.75. The molecule has 0 amide bonds. The van der Waals surface area contributed by atoms with Gasteiger partial charge in [0.2, 0.25) is 0 Å². The van der Waals surface area contributed by atoms with Crippen LogP contribution in [0.5, 0.6) is 0 Å². The standard InChI is InChI=1S/C12H24O6.Na.H/c1-2-3-4-5-6-17-12-11(16)10(15)9(14)8(7-13)18-12;;/h8-16H,2-7H2,1H3;;/q;+1;-1/t8-,9+,10+,11-,12+;;/m1../s1. The SMILES string of the molecule is CCCCCCO[C@H]1O[C@H](CO)[C@H](O)[C@H](O)[C@H]1O.[H-].[Na+]. The molecule has 0 aliphatic carbocycles. The quantitative estimate of drug-likeness (QED) is 0.287. The molecule has 1 aliphatic rings. The Labute approximate surface area is 137 Å². The Kier molecular flexibility index (Phi) is 10.9. The zero-order valence-corrected chi connectivity index (χ0v) is 13.7. The summed E-state index contributed by atoms with van der Waals surface area (Å²) in [5.41, 5.74) is 0. The Balaban J connectivity index is 0. The monoisotopic (exact) mass is 288 g/mol. The molecular weight excluding hydrogens is 263 g/mol. The maximum absolute atomic E-state index is 9.68. The first-order valence-electron chi connectivity index (χ1n) is 6.54. The number of unbranched alkanes of at least 4 members (excludes halogenated alkanes) is 3. The van der Waals surface area contributed by atoms with Gasteiger partial charge in [-0.05, 0) is 6.42 Å². The number of rotatable bonds is 7. The first kappa shape index (κ1) is 19.8. The van der Waals surface area contributed by atoms with E-state index in [2.05, 4.69) is 6.92 Å². The summed E-state index contributed by atoms with van der Waals surface area (Å²) in [6, 6.07) is 0. The predicted molar refractivity (Wildman–Crippen MR) is 65.0 cm³/mol. The number of aliphatic hydroxyl groups is 4. The summed E-state index contributed by atoms with van der Waals surface area (Å²) >= 11 is 0. The van der Waals surface area contributed by atoms with Crippen molar-refractivity contribution in [3.63, 3.8) is 0 Å². The molecule has 4 N–H and O–H groups in total. The molecule has 0 saturated carbocycles. The molecule has 6 nitrogen and oxygen atoms in total. The Morgan fingerprint density at radius 2 is 1.74 bits per heavy atom. The molecule has 1 fully saturated rings. The van der Waals surface area contributed by atoms with E-state index in [1.54, 1.807) is 0 Å². The van der Waals surface area contributed by atoms with Gasteiger partial charge in [0.1, 0.15) is 24.4 Å². The number of hydrogen-bond acceptors (Lipinski definition) is 6. The summed E-state index contributed by atoms with van der Waals surface area (Å²) in [6.45, 7) is 2.10. The summed E-state index contributed by atoms with van der Waals surface area (Å²) in [5, 5.41) is 37.8. The molecule has 0 aromatic rings. The van der Waals surface area contributed by atoms with Crippen LogP contribution in [0.15, 0.2) is 0 Å². The molecule has 0 aromatic heterocycles. The van der Waals surface area contributed by atoms with Gasteiger partial charge in [-0.25, -0.2) is 0 Å². The van der Waals surface area contributed by atoms with Crippen LogP contribution in [0, 0.1) is 0 Å². The number of ether oxygens (including phenoxy) is 2. The van der Waals surface area contributed by atoms with E-state index in [0.717, 1.165) is 25.7 Å². The fraction of sp³-hybridized carbons (Fsp3) is 1.00. The molecule has 1 saturated heterocycles. The number of aliphatic hydroxyl groups excluding tert-OH is 4. The van der Waals surface area contributed by atoms with Crippen LogP contribution in [-0.4, -0.2) is 64.3 Å².